The molecule has 1 N–H and O–H groups in total. The summed E-state index contributed by atoms with van der Waals surface area (Å²) in [6.45, 7) is 1.10. The summed E-state index contributed by atoms with van der Waals surface area (Å²) in [5.74, 6) is -0.988. The molecule has 2 aliphatic carbocycles. The highest BCUT2D eigenvalue weighted by Gasteiger charge is 2.64. The van der Waals surface area contributed by atoms with E-state index in [4.69, 9.17) is 4.42 Å². The first-order valence-corrected chi connectivity index (χ1v) is 7.35. The Morgan fingerprint density at radius 3 is 2.64 bits per heavy atom. The van der Waals surface area contributed by atoms with E-state index in [1.54, 1.807) is 0 Å². The largest absolute Gasteiger partial charge is 0.463 e. The molecule has 3 unspecified atom stereocenters. The van der Waals surface area contributed by atoms with E-state index >= 15 is 0 Å². The minimum absolute atomic E-state index is 0.0981. The van der Waals surface area contributed by atoms with E-state index in [-0.39, 0.29) is 12.5 Å². The van der Waals surface area contributed by atoms with Gasteiger partial charge < -0.3 is 14.3 Å². The average Bonchev–Trinajstić information content (AvgIpc) is 3.33. The number of furan rings is 1. The van der Waals surface area contributed by atoms with E-state index in [2.05, 4.69) is 4.74 Å². The minimum Gasteiger partial charge on any atom is -0.463 e. The van der Waals surface area contributed by atoms with Gasteiger partial charge >= 0.3 is 17.7 Å². The molecule has 1 heterocycles. The van der Waals surface area contributed by atoms with Gasteiger partial charge in [0.05, 0.1) is 6.61 Å². The lowest BCUT2D eigenvalue weighted by molar-refractivity contribution is -0.272. The van der Waals surface area contributed by atoms with Crippen molar-refractivity contribution in [1.29, 1.82) is 0 Å². The molecule has 2 fully saturated rings. The predicted octanol–water partition coefficient (Wildman–Crippen LogP) is 3.11. The molecule has 0 amide bonds. The van der Waals surface area contributed by atoms with Crippen molar-refractivity contribution in [1.82, 2.24) is 0 Å². The molecule has 7 heteroatoms. The maximum Gasteiger partial charge on any atom is 0.435 e. The van der Waals surface area contributed by atoms with Gasteiger partial charge in [0, 0.05) is 5.92 Å². The average molecular weight is 318 g/mol. The predicted molar refractivity (Wildman–Crippen MR) is 68.9 cm³/mol. The molecule has 22 heavy (non-hydrogen) atoms. The normalized spacial score (nSPS) is 27.3. The highest BCUT2D eigenvalue weighted by Crippen LogP contribution is 2.59. The number of ether oxygens (including phenoxy) is 1. The summed E-state index contributed by atoms with van der Waals surface area (Å²) in [7, 11) is 0. The van der Waals surface area contributed by atoms with Gasteiger partial charge in [-0.3, -0.25) is 0 Å². The lowest BCUT2D eigenvalue weighted by Crippen LogP contribution is -2.50. The Morgan fingerprint density at radius 2 is 2.09 bits per heavy atom. The van der Waals surface area contributed by atoms with Gasteiger partial charge in [-0.25, -0.2) is 4.79 Å². The molecule has 0 saturated heterocycles. The fraction of sp³-hybridized carbons (Fsp3) is 0.667. The molecule has 0 radical (unpaired) electrons. The number of esters is 1. The summed E-state index contributed by atoms with van der Waals surface area (Å²) < 4.78 is 49.2. The number of hydrogen-bond acceptors (Lipinski definition) is 4. The van der Waals surface area contributed by atoms with Gasteiger partial charge in [-0.05, 0) is 50.2 Å². The molecule has 0 aliphatic heterocycles. The van der Waals surface area contributed by atoms with E-state index in [0.717, 1.165) is 25.3 Å². The molecule has 2 saturated carbocycles. The molecule has 0 spiro atoms. The van der Waals surface area contributed by atoms with E-state index in [1.807, 2.05) is 0 Å². The zero-order valence-corrected chi connectivity index (χ0v) is 12.0. The van der Waals surface area contributed by atoms with Crippen molar-refractivity contribution in [2.75, 3.05) is 6.61 Å². The van der Waals surface area contributed by atoms with E-state index < -0.39 is 23.5 Å². The number of carbonyl (C=O) groups excluding carboxylic acids is 1. The van der Waals surface area contributed by atoms with Crippen LogP contribution in [0.3, 0.4) is 0 Å². The van der Waals surface area contributed by atoms with Gasteiger partial charge in [-0.15, -0.1) is 0 Å². The summed E-state index contributed by atoms with van der Waals surface area (Å²) in [6, 6.07) is 2.43. The Bertz CT molecular complexity index is 576. The Kier molecular flexibility index (Phi) is 3.51. The molecule has 1 aromatic heterocycles. The van der Waals surface area contributed by atoms with Crippen LogP contribution < -0.4 is 0 Å². The summed E-state index contributed by atoms with van der Waals surface area (Å²) in [4.78, 5) is 11.6. The molecule has 4 nitrogen and oxygen atoms in total. The van der Waals surface area contributed by atoms with Crippen molar-refractivity contribution in [2.24, 2.45) is 11.8 Å². The second kappa shape index (κ2) is 5.01. The quantitative estimate of drug-likeness (QED) is 0.848. The lowest BCUT2D eigenvalue weighted by atomic mass is 10.0. The first-order valence-electron chi connectivity index (χ1n) is 7.35. The van der Waals surface area contributed by atoms with Crippen molar-refractivity contribution in [3.63, 3.8) is 0 Å². The van der Waals surface area contributed by atoms with Crippen molar-refractivity contribution in [3.8, 4) is 0 Å². The highest BCUT2D eigenvalue weighted by atomic mass is 19.4. The molecule has 0 aromatic carbocycles. The maximum absolute atomic E-state index is 13.2. The molecular weight excluding hydrogens is 301 g/mol. The van der Waals surface area contributed by atoms with Crippen LogP contribution in [0.15, 0.2) is 16.5 Å². The lowest BCUT2D eigenvalue weighted by Gasteiger charge is -2.25. The molecule has 122 valence electrons. The number of carbonyl (C=O) groups is 1. The highest BCUT2D eigenvalue weighted by molar-refractivity contribution is 5.81. The van der Waals surface area contributed by atoms with Gasteiger partial charge in [0.1, 0.15) is 5.76 Å². The molecule has 3 rings (SSSR count). The number of rotatable bonds is 5. The maximum atomic E-state index is 13.2. The second-order valence-electron chi connectivity index (χ2n) is 5.97. The molecular formula is C15H17F3O4. The number of alkyl halides is 3. The van der Waals surface area contributed by atoms with Crippen LogP contribution >= 0.6 is 0 Å². The number of aliphatic hydroxyl groups is 1. The van der Waals surface area contributed by atoms with Crippen molar-refractivity contribution in [2.45, 2.75) is 43.9 Å². The van der Waals surface area contributed by atoms with Crippen LogP contribution in [0.5, 0.6) is 0 Å². The van der Waals surface area contributed by atoms with Crippen LogP contribution in [0.25, 0.3) is 0 Å². The standard InChI is InChI=1S/C15H17F3O4/c1-2-21-13(19)14(20,15(16,17)18)12-6-5-11(22-12)10-7-9(10)8-3-4-8/h5-6,8-10,20H,2-4,7H2,1H3. The zero-order valence-electron chi connectivity index (χ0n) is 12.0. The van der Waals surface area contributed by atoms with Crippen molar-refractivity contribution in [3.05, 3.63) is 23.7 Å². The third-order valence-corrected chi connectivity index (χ3v) is 4.40. The van der Waals surface area contributed by atoms with Crippen molar-refractivity contribution < 1.29 is 32.2 Å². The minimum atomic E-state index is -5.21. The van der Waals surface area contributed by atoms with Crippen LogP contribution in [0, 0.1) is 11.8 Å². The number of halogens is 3. The first-order chi connectivity index (χ1) is 10.3. The Morgan fingerprint density at radius 1 is 1.41 bits per heavy atom. The van der Waals surface area contributed by atoms with Gasteiger partial charge in [-0.1, -0.05) is 0 Å². The summed E-state index contributed by atoms with van der Waals surface area (Å²) in [5.41, 5.74) is -3.76. The SMILES string of the molecule is CCOC(=O)C(O)(c1ccc(C2CC2C2CC2)o1)C(F)(F)F. The van der Waals surface area contributed by atoms with E-state index in [9.17, 15) is 23.1 Å². The van der Waals surface area contributed by atoms with Crippen LogP contribution in [0.1, 0.15) is 43.6 Å². The Hall–Kier alpha value is -1.50. The fourth-order valence-electron chi connectivity index (χ4n) is 2.93. The van der Waals surface area contributed by atoms with E-state index in [0.29, 0.717) is 17.6 Å². The third-order valence-electron chi connectivity index (χ3n) is 4.40. The Balaban J connectivity index is 1.85. The number of hydrogen-bond donors (Lipinski definition) is 1. The summed E-state index contributed by atoms with van der Waals surface area (Å²) in [6.07, 6.45) is -2.01. The van der Waals surface area contributed by atoms with Gasteiger partial charge in [0.15, 0.2) is 5.76 Å². The van der Waals surface area contributed by atoms with Crippen LogP contribution in [0.2, 0.25) is 0 Å². The van der Waals surface area contributed by atoms with Gasteiger partial charge in [-0.2, -0.15) is 13.2 Å². The van der Waals surface area contributed by atoms with Crippen LogP contribution in [-0.4, -0.2) is 23.9 Å². The zero-order chi connectivity index (χ0) is 16.1. The monoisotopic (exact) mass is 318 g/mol. The smallest absolute Gasteiger partial charge is 0.435 e. The molecule has 2 aliphatic rings. The Labute approximate surface area is 125 Å². The van der Waals surface area contributed by atoms with E-state index in [1.165, 1.54) is 13.0 Å². The van der Waals surface area contributed by atoms with Crippen LogP contribution in [0.4, 0.5) is 13.2 Å². The van der Waals surface area contributed by atoms with Gasteiger partial charge in [0.25, 0.3) is 0 Å². The third kappa shape index (κ3) is 2.41. The molecule has 1 aromatic rings. The topological polar surface area (TPSA) is 59.7 Å². The summed E-state index contributed by atoms with van der Waals surface area (Å²) >= 11 is 0. The molecule has 0 bridgehead atoms. The van der Waals surface area contributed by atoms with Crippen LogP contribution in [-0.2, 0) is 15.1 Å². The van der Waals surface area contributed by atoms with Gasteiger partial charge in [0.2, 0.25) is 0 Å². The fourth-order valence-corrected chi connectivity index (χ4v) is 2.93. The second-order valence-corrected chi connectivity index (χ2v) is 5.97. The van der Waals surface area contributed by atoms with Crippen molar-refractivity contribution >= 4 is 5.97 Å². The molecule has 3 atom stereocenters. The summed E-state index contributed by atoms with van der Waals surface area (Å²) in [5, 5.41) is 9.93. The first kappa shape index (κ1) is 15.4.